The first-order valence-corrected chi connectivity index (χ1v) is 9.31. The van der Waals surface area contributed by atoms with Crippen LogP contribution in [-0.4, -0.2) is 22.8 Å². The molecule has 2 saturated carbocycles. The summed E-state index contributed by atoms with van der Waals surface area (Å²) in [6.07, 6.45) is 10.7. The highest BCUT2D eigenvalue weighted by atomic mass is 16.5. The Morgan fingerprint density at radius 1 is 1.20 bits per heavy atom. The monoisotopic (exact) mass is 342 g/mol. The number of aliphatic hydroxyl groups excluding tert-OH is 1. The van der Waals surface area contributed by atoms with Crippen molar-refractivity contribution in [2.75, 3.05) is 0 Å². The van der Waals surface area contributed by atoms with Gasteiger partial charge in [0.1, 0.15) is 16.9 Å². The van der Waals surface area contributed by atoms with Crippen molar-refractivity contribution in [1.29, 1.82) is 0 Å². The molecular weight excluding hydrogens is 316 g/mol. The van der Waals surface area contributed by atoms with Crippen molar-refractivity contribution < 1.29 is 19.4 Å². The lowest BCUT2D eigenvalue weighted by molar-refractivity contribution is -0.160. The van der Waals surface area contributed by atoms with E-state index in [2.05, 4.69) is 26.8 Å². The molecule has 25 heavy (non-hydrogen) atoms. The summed E-state index contributed by atoms with van der Waals surface area (Å²) in [6, 6.07) is 0. The van der Waals surface area contributed by atoms with Crippen LogP contribution in [0.4, 0.5) is 0 Å². The highest BCUT2D eigenvalue weighted by molar-refractivity contribution is 6.21. The molecule has 3 aliphatic carbocycles. The average molecular weight is 342 g/mol. The second kappa shape index (κ2) is 5.09. The number of allylic oxidation sites excluding steroid dienone is 2. The van der Waals surface area contributed by atoms with Gasteiger partial charge in [-0.25, -0.2) is 0 Å². The Kier molecular flexibility index (Phi) is 3.38. The van der Waals surface area contributed by atoms with E-state index in [-0.39, 0.29) is 22.2 Å². The lowest BCUT2D eigenvalue weighted by Gasteiger charge is -2.60. The average Bonchev–Trinajstić information content (AvgIpc) is 2.89. The van der Waals surface area contributed by atoms with Crippen LogP contribution in [0.15, 0.2) is 34.8 Å². The Morgan fingerprint density at radius 3 is 2.68 bits per heavy atom. The van der Waals surface area contributed by atoms with Crippen molar-refractivity contribution in [1.82, 2.24) is 0 Å². The van der Waals surface area contributed by atoms with Crippen molar-refractivity contribution in [3.8, 4) is 0 Å². The molecule has 4 aliphatic rings. The van der Waals surface area contributed by atoms with Crippen LogP contribution < -0.4 is 0 Å². The van der Waals surface area contributed by atoms with Gasteiger partial charge in [-0.1, -0.05) is 27.2 Å². The van der Waals surface area contributed by atoms with Crippen LogP contribution in [0.1, 0.15) is 59.3 Å². The van der Waals surface area contributed by atoms with E-state index < -0.39 is 11.4 Å². The minimum absolute atomic E-state index is 0.0369. The maximum absolute atomic E-state index is 12.1. The second-order valence-corrected chi connectivity index (χ2v) is 9.01. The van der Waals surface area contributed by atoms with Crippen molar-refractivity contribution >= 4 is 12.1 Å². The molecule has 3 atom stereocenters. The van der Waals surface area contributed by atoms with Crippen LogP contribution in [0, 0.1) is 16.7 Å². The first kappa shape index (κ1) is 16.6. The summed E-state index contributed by atoms with van der Waals surface area (Å²) in [6.45, 7) is 7.03. The van der Waals surface area contributed by atoms with Gasteiger partial charge in [-0.05, 0) is 55.6 Å². The molecule has 0 aromatic carbocycles. The highest BCUT2D eigenvalue weighted by Crippen LogP contribution is 2.65. The van der Waals surface area contributed by atoms with Crippen molar-refractivity contribution in [2.24, 2.45) is 16.7 Å². The van der Waals surface area contributed by atoms with Crippen LogP contribution in [0.3, 0.4) is 0 Å². The number of ketones is 1. The summed E-state index contributed by atoms with van der Waals surface area (Å²) in [5, 5.41) is 9.91. The quantitative estimate of drug-likeness (QED) is 0.574. The van der Waals surface area contributed by atoms with Gasteiger partial charge in [-0.3, -0.25) is 9.59 Å². The molecule has 0 aromatic heterocycles. The Morgan fingerprint density at radius 2 is 1.96 bits per heavy atom. The second-order valence-electron chi connectivity index (χ2n) is 9.01. The molecular formula is C21H26O4. The van der Waals surface area contributed by atoms with E-state index in [4.69, 9.17) is 4.74 Å². The largest absolute Gasteiger partial charge is 0.504 e. The molecule has 1 aliphatic heterocycles. The summed E-state index contributed by atoms with van der Waals surface area (Å²) in [5.41, 5.74) is 0.359. The number of hydrogen-bond acceptors (Lipinski definition) is 4. The molecule has 1 spiro atoms. The number of rotatable bonds is 1. The van der Waals surface area contributed by atoms with Crippen LogP contribution in [0.25, 0.3) is 0 Å². The van der Waals surface area contributed by atoms with Gasteiger partial charge >= 0.3 is 0 Å². The van der Waals surface area contributed by atoms with Gasteiger partial charge in [0.25, 0.3) is 0 Å². The predicted molar refractivity (Wildman–Crippen MR) is 93.8 cm³/mol. The summed E-state index contributed by atoms with van der Waals surface area (Å²) >= 11 is 0. The fourth-order valence-corrected chi connectivity index (χ4v) is 6.06. The zero-order chi connectivity index (χ0) is 18.0. The Bertz CT molecular complexity index is 754. The lowest BCUT2D eigenvalue weighted by Crippen LogP contribution is -2.58. The number of aldehydes is 1. The van der Waals surface area contributed by atoms with E-state index in [1.54, 1.807) is 0 Å². The number of ether oxygens (including phenoxy) is 1. The number of hydrogen-bond donors (Lipinski definition) is 1. The number of fused-ring (bicyclic) bond motifs is 3. The van der Waals surface area contributed by atoms with E-state index >= 15 is 0 Å². The van der Waals surface area contributed by atoms with Gasteiger partial charge < -0.3 is 9.84 Å². The molecule has 2 fully saturated rings. The third kappa shape index (κ3) is 2.06. The Hall–Kier alpha value is -1.84. The lowest BCUT2D eigenvalue weighted by atomic mass is 9.47. The molecule has 4 rings (SSSR count). The molecule has 4 heteroatoms. The minimum atomic E-state index is -0.638. The van der Waals surface area contributed by atoms with E-state index in [1.165, 1.54) is 18.9 Å². The molecule has 0 bridgehead atoms. The van der Waals surface area contributed by atoms with Gasteiger partial charge in [-0.15, -0.1) is 0 Å². The molecule has 4 nitrogen and oxygen atoms in total. The van der Waals surface area contributed by atoms with Gasteiger partial charge in [0.2, 0.25) is 5.78 Å². The summed E-state index contributed by atoms with van der Waals surface area (Å²) in [5.74, 6) is -0.115. The molecule has 0 amide bonds. The topological polar surface area (TPSA) is 63.6 Å². The smallest absolute Gasteiger partial charge is 0.234 e. The van der Waals surface area contributed by atoms with E-state index in [0.717, 1.165) is 25.7 Å². The van der Waals surface area contributed by atoms with Crippen molar-refractivity contribution in [3.05, 3.63) is 34.8 Å². The van der Waals surface area contributed by atoms with E-state index in [0.29, 0.717) is 23.5 Å². The van der Waals surface area contributed by atoms with Crippen molar-refractivity contribution in [2.45, 2.75) is 64.9 Å². The van der Waals surface area contributed by atoms with Gasteiger partial charge in [0.05, 0.1) is 0 Å². The SMILES string of the molecule is CC1(C)CCCC2(C)[C@H]1CCC[C@@]21C=C2C=C(O)C(=O)C(C=O)=C2O1. The molecule has 1 unspecified atom stereocenters. The van der Waals surface area contributed by atoms with Gasteiger partial charge in [-0.2, -0.15) is 0 Å². The van der Waals surface area contributed by atoms with Crippen LogP contribution in [0.2, 0.25) is 0 Å². The van der Waals surface area contributed by atoms with E-state index in [9.17, 15) is 14.7 Å². The Balaban J connectivity index is 1.85. The van der Waals surface area contributed by atoms with Crippen LogP contribution in [-0.2, 0) is 14.3 Å². The minimum Gasteiger partial charge on any atom is -0.504 e. The first-order chi connectivity index (χ1) is 11.7. The normalized spacial score (nSPS) is 39.3. The maximum atomic E-state index is 12.1. The zero-order valence-electron chi connectivity index (χ0n) is 15.2. The predicted octanol–water partition coefficient (Wildman–Crippen LogP) is 4.18. The fraction of sp³-hybridized carbons (Fsp3) is 0.619. The molecule has 1 N–H and O–H groups in total. The van der Waals surface area contributed by atoms with Crippen LogP contribution >= 0.6 is 0 Å². The molecule has 0 saturated heterocycles. The summed E-state index contributed by atoms with van der Waals surface area (Å²) in [4.78, 5) is 23.6. The Labute approximate surface area is 148 Å². The van der Waals surface area contributed by atoms with Crippen molar-refractivity contribution in [3.63, 3.8) is 0 Å². The van der Waals surface area contributed by atoms with Gasteiger partial charge in [0, 0.05) is 11.0 Å². The zero-order valence-corrected chi connectivity index (χ0v) is 15.2. The number of aliphatic hydroxyl groups is 1. The third-order valence-electron chi connectivity index (χ3n) is 7.30. The number of Topliss-reactive ketones (excluding diaryl/α,β-unsaturated/α-hetero) is 1. The molecule has 1 heterocycles. The van der Waals surface area contributed by atoms with Gasteiger partial charge in [0.15, 0.2) is 12.0 Å². The fourth-order valence-electron chi connectivity index (χ4n) is 6.06. The summed E-state index contributed by atoms with van der Waals surface area (Å²) < 4.78 is 6.46. The maximum Gasteiger partial charge on any atom is 0.234 e. The number of carbonyl (C=O) groups is 2. The third-order valence-corrected chi connectivity index (χ3v) is 7.30. The first-order valence-electron chi connectivity index (χ1n) is 9.31. The standard InChI is InChI=1S/C21H26O4/c1-19(2)7-5-8-20(3)16(19)6-4-9-21(20)11-13-10-15(23)17(24)14(12-22)18(13)25-21/h10-12,16,23H,4-9H2,1-3H3/t16-,20?,21+/m0/s1. The molecule has 0 aromatic rings. The summed E-state index contributed by atoms with van der Waals surface area (Å²) in [7, 11) is 0. The number of carbonyl (C=O) groups excluding carboxylic acids is 2. The van der Waals surface area contributed by atoms with Crippen LogP contribution in [0.5, 0.6) is 0 Å². The molecule has 134 valence electrons. The molecule has 0 radical (unpaired) electrons. The van der Waals surface area contributed by atoms with E-state index in [1.807, 2.05) is 0 Å². The highest BCUT2D eigenvalue weighted by Gasteiger charge is 2.62.